The molecule has 0 atom stereocenters. The van der Waals surface area contributed by atoms with Crippen LogP contribution >= 0.6 is 0 Å². The van der Waals surface area contributed by atoms with Gasteiger partial charge < -0.3 is 14.7 Å². The van der Waals surface area contributed by atoms with Gasteiger partial charge in [-0.2, -0.15) is 0 Å². The molecule has 19 heavy (non-hydrogen) atoms. The van der Waals surface area contributed by atoms with Crippen molar-refractivity contribution in [3.63, 3.8) is 0 Å². The summed E-state index contributed by atoms with van der Waals surface area (Å²) in [7, 11) is 3.33. The van der Waals surface area contributed by atoms with Gasteiger partial charge >= 0.3 is 0 Å². The lowest BCUT2D eigenvalue weighted by molar-refractivity contribution is 0.0812. The van der Waals surface area contributed by atoms with Crippen LogP contribution in [0.1, 0.15) is 42.5 Å². The van der Waals surface area contributed by atoms with Gasteiger partial charge in [-0.15, -0.1) is 0 Å². The molecule has 1 aliphatic carbocycles. The monoisotopic (exact) mass is 263 g/mol. The van der Waals surface area contributed by atoms with Crippen LogP contribution in [-0.4, -0.2) is 36.1 Å². The third-order valence-corrected chi connectivity index (χ3v) is 3.47. The Hall–Kier alpha value is -1.71. The van der Waals surface area contributed by atoms with Crippen molar-refractivity contribution in [1.29, 1.82) is 0 Å². The molecule has 4 nitrogen and oxygen atoms in total. The number of carbonyl (C=O) groups is 1. The highest BCUT2D eigenvalue weighted by Gasteiger charge is 2.22. The van der Waals surface area contributed by atoms with E-state index >= 15 is 0 Å². The smallest absolute Gasteiger partial charge is 0.260 e. The highest BCUT2D eigenvalue weighted by Crippen LogP contribution is 2.31. The Bertz CT molecular complexity index is 451. The van der Waals surface area contributed by atoms with Crippen molar-refractivity contribution in [3.8, 4) is 11.5 Å². The summed E-state index contributed by atoms with van der Waals surface area (Å²) in [5.41, 5.74) is 0.262. The molecule has 1 N–H and O–H groups in total. The second-order valence-corrected chi connectivity index (χ2v) is 5.23. The summed E-state index contributed by atoms with van der Waals surface area (Å²) in [6, 6.07) is 4.98. The van der Waals surface area contributed by atoms with E-state index in [1.54, 1.807) is 26.2 Å². The van der Waals surface area contributed by atoms with Crippen LogP contribution in [0.25, 0.3) is 0 Å². The summed E-state index contributed by atoms with van der Waals surface area (Å²) in [5.74, 6) is 0.238. The molecule has 2 rings (SSSR count). The lowest BCUT2D eigenvalue weighted by atomic mass is 9.97. The predicted octanol–water partition coefficient (Wildman–Crippen LogP) is 2.81. The maximum Gasteiger partial charge on any atom is 0.260 e. The van der Waals surface area contributed by atoms with Crippen LogP contribution in [0, 0.1) is 0 Å². The molecule has 4 heteroatoms. The molecule has 104 valence electrons. The highest BCUT2D eigenvalue weighted by atomic mass is 16.5. The number of rotatable bonds is 3. The van der Waals surface area contributed by atoms with Gasteiger partial charge in [0.05, 0.1) is 6.10 Å². The van der Waals surface area contributed by atoms with E-state index in [4.69, 9.17) is 4.74 Å². The molecular weight excluding hydrogens is 242 g/mol. The zero-order valence-electron chi connectivity index (χ0n) is 11.6. The molecule has 0 bridgehead atoms. The number of carbonyl (C=O) groups excluding carboxylic acids is 1. The summed E-state index contributed by atoms with van der Waals surface area (Å²) in [4.78, 5) is 13.6. The number of nitrogens with zero attached hydrogens (tertiary/aromatic N) is 1. The Morgan fingerprint density at radius 1 is 1.26 bits per heavy atom. The standard InChI is InChI=1S/C15H21NO3/c1-16(2)15(18)14-12(17)9-6-10-13(14)19-11-7-4-3-5-8-11/h6,9-11,17H,3-5,7-8H2,1-2H3. The van der Waals surface area contributed by atoms with Gasteiger partial charge in [0.15, 0.2) is 0 Å². The van der Waals surface area contributed by atoms with Crippen LogP contribution in [0.15, 0.2) is 18.2 Å². The number of hydrogen-bond acceptors (Lipinski definition) is 3. The molecule has 0 aromatic heterocycles. The first-order valence-corrected chi connectivity index (χ1v) is 6.80. The normalized spacial score (nSPS) is 16.1. The van der Waals surface area contributed by atoms with Crippen molar-refractivity contribution in [2.75, 3.05) is 14.1 Å². The number of hydrogen-bond donors (Lipinski definition) is 1. The average Bonchev–Trinajstić information content (AvgIpc) is 2.39. The van der Waals surface area contributed by atoms with E-state index in [1.165, 1.54) is 30.2 Å². The minimum Gasteiger partial charge on any atom is -0.507 e. The van der Waals surface area contributed by atoms with Crippen molar-refractivity contribution in [1.82, 2.24) is 4.90 Å². The Kier molecular flexibility index (Phi) is 4.30. The Labute approximate surface area is 114 Å². The number of amides is 1. The van der Waals surface area contributed by atoms with Crippen molar-refractivity contribution in [3.05, 3.63) is 23.8 Å². The molecule has 0 radical (unpaired) electrons. The number of benzene rings is 1. The van der Waals surface area contributed by atoms with Crippen molar-refractivity contribution in [2.24, 2.45) is 0 Å². The van der Waals surface area contributed by atoms with E-state index in [0.717, 1.165) is 12.8 Å². The number of phenolic OH excluding ortho intramolecular Hbond substituents is 1. The molecule has 1 amide bonds. The largest absolute Gasteiger partial charge is 0.507 e. The molecule has 0 unspecified atom stereocenters. The van der Waals surface area contributed by atoms with Crippen LogP contribution in [0.3, 0.4) is 0 Å². The summed E-state index contributed by atoms with van der Waals surface area (Å²) < 4.78 is 5.93. The first-order chi connectivity index (χ1) is 9.09. The maximum atomic E-state index is 12.1. The summed E-state index contributed by atoms with van der Waals surface area (Å²) >= 11 is 0. The van der Waals surface area contributed by atoms with E-state index in [1.807, 2.05) is 0 Å². The Balaban J connectivity index is 2.23. The number of ether oxygens (including phenoxy) is 1. The molecule has 0 saturated heterocycles. The quantitative estimate of drug-likeness (QED) is 0.912. The predicted molar refractivity (Wildman–Crippen MR) is 73.6 cm³/mol. The molecule has 1 aromatic carbocycles. The molecule has 0 heterocycles. The fraction of sp³-hybridized carbons (Fsp3) is 0.533. The van der Waals surface area contributed by atoms with E-state index < -0.39 is 0 Å². The molecular formula is C15H21NO3. The second kappa shape index (κ2) is 5.95. The van der Waals surface area contributed by atoms with Gasteiger partial charge in [0, 0.05) is 14.1 Å². The molecule has 0 aliphatic heterocycles. The summed E-state index contributed by atoms with van der Waals surface area (Å²) in [6.07, 6.45) is 5.78. The van der Waals surface area contributed by atoms with E-state index in [-0.39, 0.29) is 23.3 Å². The zero-order valence-corrected chi connectivity index (χ0v) is 11.6. The SMILES string of the molecule is CN(C)C(=O)c1c(O)cccc1OC1CCCCC1. The molecule has 1 aromatic rings. The lowest BCUT2D eigenvalue weighted by Crippen LogP contribution is -2.25. The number of phenols is 1. The molecule has 1 fully saturated rings. The lowest BCUT2D eigenvalue weighted by Gasteiger charge is -2.24. The molecule has 1 aliphatic rings. The van der Waals surface area contributed by atoms with Crippen molar-refractivity contribution < 1.29 is 14.6 Å². The van der Waals surface area contributed by atoms with Gasteiger partial charge in [0.2, 0.25) is 0 Å². The maximum absolute atomic E-state index is 12.1. The van der Waals surface area contributed by atoms with Crippen LogP contribution in [0.2, 0.25) is 0 Å². The van der Waals surface area contributed by atoms with E-state index in [0.29, 0.717) is 5.75 Å². The minimum atomic E-state index is -0.232. The van der Waals surface area contributed by atoms with E-state index in [2.05, 4.69) is 0 Å². The zero-order chi connectivity index (χ0) is 13.8. The summed E-state index contributed by atoms with van der Waals surface area (Å²) in [6.45, 7) is 0. The number of aromatic hydroxyl groups is 1. The average molecular weight is 263 g/mol. The van der Waals surface area contributed by atoms with Crippen LogP contribution in [0.4, 0.5) is 0 Å². The van der Waals surface area contributed by atoms with Gasteiger partial charge in [-0.05, 0) is 37.8 Å². The fourth-order valence-electron chi connectivity index (χ4n) is 2.42. The van der Waals surface area contributed by atoms with Gasteiger partial charge in [-0.3, -0.25) is 4.79 Å². The van der Waals surface area contributed by atoms with Crippen LogP contribution in [0.5, 0.6) is 11.5 Å². The Morgan fingerprint density at radius 3 is 2.58 bits per heavy atom. The molecule has 0 spiro atoms. The van der Waals surface area contributed by atoms with E-state index in [9.17, 15) is 9.90 Å². The third-order valence-electron chi connectivity index (χ3n) is 3.47. The highest BCUT2D eigenvalue weighted by molar-refractivity contribution is 5.99. The third kappa shape index (κ3) is 3.19. The van der Waals surface area contributed by atoms with Crippen molar-refractivity contribution in [2.45, 2.75) is 38.2 Å². The van der Waals surface area contributed by atoms with Gasteiger partial charge in [-0.1, -0.05) is 12.5 Å². The van der Waals surface area contributed by atoms with Crippen LogP contribution < -0.4 is 4.74 Å². The van der Waals surface area contributed by atoms with Gasteiger partial charge in [0.1, 0.15) is 17.1 Å². The van der Waals surface area contributed by atoms with Gasteiger partial charge in [0.25, 0.3) is 5.91 Å². The van der Waals surface area contributed by atoms with Crippen molar-refractivity contribution >= 4 is 5.91 Å². The molecule has 1 saturated carbocycles. The fourth-order valence-corrected chi connectivity index (χ4v) is 2.42. The minimum absolute atomic E-state index is 0.0213. The second-order valence-electron chi connectivity index (χ2n) is 5.23. The Morgan fingerprint density at radius 2 is 1.95 bits per heavy atom. The topological polar surface area (TPSA) is 49.8 Å². The summed E-state index contributed by atoms with van der Waals surface area (Å²) in [5, 5.41) is 9.91. The van der Waals surface area contributed by atoms with Crippen LogP contribution in [-0.2, 0) is 0 Å². The first kappa shape index (κ1) is 13.7. The van der Waals surface area contributed by atoms with Gasteiger partial charge in [-0.25, -0.2) is 0 Å². The first-order valence-electron chi connectivity index (χ1n) is 6.80.